The van der Waals surface area contributed by atoms with Crippen molar-refractivity contribution >= 4 is 85.4 Å². The van der Waals surface area contributed by atoms with Gasteiger partial charge in [0.05, 0.1) is 21.8 Å². The molecule has 348 valence electrons. The standard InChI is InChI=1S/C45H45ClN10O10S/c1-44(2,3)65-41(60)37-24-28-23-31(17-19-33(28)56(37)43(62)66-45(4,5)6)48-38(57)36(22-27-12-15-30(16-13-27)49-42(61)50-67(63,64)32-10-8-7-9-11-32)54-21-20-53(39(58)40(54)59)35-25-29(46)14-18-34(35)55-26-47-51-52-55/h7-19,23-26,36H,20-22H2,1-6H3,(H,48,57)(H2,49,50,61). The summed E-state index contributed by atoms with van der Waals surface area (Å²) in [6, 6.07) is 21.8. The van der Waals surface area contributed by atoms with Crippen LogP contribution in [0.1, 0.15) is 57.6 Å². The molecule has 67 heavy (non-hydrogen) atoms. The molecule has 1 unspecified atom stereocenters. The summed E-state index contributed by atoms with van der Waals surface area (Å²) in [7, 11) is -4.17. The highest BCUT2D eigenvalue weighted by Crippen LogP contribution is 2.31. The smallest absolute Gasteiger partial charge is 0.419 e. The summed E-state index contributed by atoms with van der Waals surface area (Å²) in [5.74, 6) is -3.45. The third-order valence-electron chi connectivity index (χ3n) is 9.93. The Labute approximate surface area is 389 Å². The highest BCUT2D eigenvalue weighted by molar-refractivity contribution is 7.90. The summed E-state index contributed by atoms with van der Waals surface area (Å²) in [4.78, 5) is 84.7. The normalized spacial score (nSPS) is 13.8. The number of aromatic nitrogens is 5. The number of halogens is 1. The summed E-state index contributed by atoms with van der Waals surface area (Å²) in [6.45, 7) is 9.93. The van der Waals surface area contributed by atoms with Gasteiger partial charge in [-0.15, -0.1) is 5.10 Å². The Morgan fingerprint density at radius 3 is 2.12 bits per heavy atom. The molecule has 1 aliphatic heterocycles. The van der Waals surface area contributed by atoms with Gasteiger partial charge in [0.15, 0.2) is 0 Å². The summed E-state index contributed by atoms with van der Waals surface area (Å²) in [6.07, 6.45) is 0.356. The SMILES string of the molecule is CC(C)(C)OC(=O)c1cc2cc(NC(=O)C(Cc3ccc(NC(=O)NS(=O)(=O)c4ccccc4)cc3)N3CCN(c4cc(Cl)ccc4-n4cnnn4)C(=O)C3=O)ccc2n1C(=O)OC(C)(C)C. The first-order valence-corrected chi connectivity index (χ1v) is 22.5. The van der Waals surface area contributed by atoms with Crippen molar-refractivity contribution in [3.63, 3.8) is 0 Å². The number of urea groups is 1. The van der Waals surface area contributed by atoms with E-state index >= 15 is 0 Å². The van der Waals surface area contributed by atoms with E-state index in [1.165, 1.54) is 82.6 Å². The fraction of sp³-hybridized carbons (Fsp3) is 0.267. The first kappa shape index (κ1) is 47.3. The quantitative estimate of drug-likeness (QED) is 0.101. The molecule has 1 fully saturated rings. The van der Waals surface area contributed by atoms with Crippen LogP contribution in [0, 0.1) is 0 Å². The molecule has 0 bridgehead atoms. The highest BCUT2D eigenvalue weighted by Gasteiger charge is 2.41. The molecule has 2 aromatic heterocycles. The van der Waals surface area contributed by atoms with Gasteiger partial charge in [-0.1, -0.05) is 41.9 Å². The Kier molecular flexibility index (Phi) is 13.2. The lowest BCUT2D eigenvalue weighted by atomic mass is 10.0. The zero-order valence-corrected chi connectivity index (χ0v) is 38.6. The van der Waals surface area contributed by atoms with E-state index < -0.39 is 63.1 Å². The topological polar surface area (TPSA) is 246 Å². The number of esters is 1. The minimum absolute atomic E-state index is 0.0642. The van der Waals surface area contributed by atoms with Gasteiger partial charge < -0.3 is 29.9 Å². The molecular formula is C45H45ClN10O10S. The third kappa shape index (κ3) is 11.1. The van der Waals surface area contributed by atoms with Crippen LogP contribution < -0.4 is 20.3 Å². The zero-order valence-electron chi connectivity index (χ0n) is 37.0. The van der Waals surface area contributed by atoms with E-state index in [0.29, 0.717) is 16.6 Å². The van der Waals surface area contributed by atoms with Crippen molar-refractivity contribution in [1.29, 1.82) is 0 Å². The van der Waals surface area contributed by atoms with Crippen LogP contribution in [0.25, 0.3) is 16.6 Å². The van der Waals surface area contributed by atoms with Crippen molar-refractivity contribution in [1.82, 2.24) is 34.4 Å². The number of carbonyl (C=O) groups excluding carboxylic acids is 6. The van der Waals surface area contributed by atoms with E-state index in [0.717, 1.165) is 9.47 Å². The molecule has 0 saturated carbocycles. The number of nitrogens with zero attached hydrogens (tertiary/aromatic N) is 7. The Bertz CT molecular complexity index is 3000. The lowest BCUT2D eigenvalue weighted by Crippen LogP contribution is -2.60. The maximum Gasteiger partial charge on any atom is 0.419 e. The van der Waals surface area contributed by atoms with E-state index in [-0.39, 0.29) is 57.7 Å². The molecule has 7 rings (SSSR count). The van der Waals surface area contributed by atoms with Gasteiger partial charge in [-0.25, -0.2) is 32.1 Å². The van der Waals surface area contributed by atoms with Gasteiger partial charge in [0.1, 0.15) is 29.3 Å². The van der Waals surface area contributed by atoms with Crippen LogP contribution in [0.5, 0.6) is 0 Å². The van der Waals surface area contributed by atoms with Gasteiger partial charge in [0.25, 0.3) is 10.0 Å². The number of benzene rings is 4. The number of hydrogen-bond donors (Lipinski definition) is 3. The molecule has 1 saturated heterocycles. The number of fused-ring (bicyclic) bond motifs is 1. The summed E-state index contributed by atoms with van der Waals surface area (Å²) in [5.41, 5.74) is -0.0954. The molecule has 3 heterocycles. The average molecular weight is 953 g/mol. The van der Waals surface area contributed by atoms with Crippen molar-refractivity contribution < 1.29 is 46.7 Å². The van der Waals surface area contributed by atoms with Crippen molar-refractivity contribution in [3.8, 4) is 5.69 Å². The molecular weight excluding hydrogens is 908 g/mol. The second kappa shape index (κ2) is 18.7. The van der Waals surface area contributed by atoms with Crippen LogP contribution in [0.2, 0.25) is 5.02 Å². The second-order valence-electron chi connectivity index (χ2n) is 17.2. The number of amides is 5. The maximum atomic E-state index is 14.5. The van der Waals surface area contributed by atoms with Gasteiger partial charge >= 0.3 is 29.9 Å². The number of carbonyl (C=O) groups is 6. The predicted molar refractivity (Wildman–Crippen MR) is 245 cm³/mol. The Morgan fingerprint density at radius 2 is 1.46 bits per heavy atom. The zero-order chi connectivity index (χ0) is 48.4. The average Bonchev–Trinajstić information content (AvgIpc) is 3.93. The number of nitrogens with one attached hydrogen (secondary N) is 3. The number of sulfonamides is 1. The lowest BCUT2D eigenvalue weighted by Gasteiger charge is -2.38. The summed E-state index contributed by atoms with van der Waals surface area (Å²) >= 11 is 6.34. The van der Waals surface area contributed by atoms with Gasteiger partial charge in [-0.3, -0.25) is 14.4 Å². The number of piperazine rings is 1. The number of anilines is 3. The third-order valence-corrected chi connectivity index (χ3v) is 11.5. The Morgan fingerprint density at radius 1 is 0.776 bits per heavy atom. The molecule has 3 N–H and O–H groups in total. The van der Waals surface area contributed by atoms with Crippen LogP contribution in [0.3, 0.4) is 0 Å². The molecule has 1 atom stereocenters. The van der Waals surface area contributed by atoms with Crippen molar-refractivity contribution in [2.45, 2.75) is 70.1 Å². The van der Waals surface area contributed by atoms with E-state index in [1.807, 2.05) is 4.72 Å². The van der Waals surface area contributed by atoms with E-state index in [4.69, 9.17) is 21.1 Å². The molecule has 20 nitrogen and oxygen atoms in total. The molecule has 0 radical (unpaired) electrons. The first-order chi connectivity index (χ1) is 31.6. The van der Waals surface area contributed by atoms with Gasteiger partial charge in [-0.2, -0.15) is 4.68 Å². The number of rotatable bonds is 11. The van der Waals surface area contributed by atoms with Crippen LogP contribution in [-0.2, 0) is 40.3 Å². The predicted octanol–water partition coefficient (Wildman–Crippen LogP) is 5.94. The Balaban J connectivity index is 1.18. The molecule has 0 aliphatic carbocycles. The van der Waals surface area contributed by atoms with Crippen molar-refractivity contribution in [2.75, 3.05) is 28.6 Å². The number of tetrazole rings is 1. The summed E-state index contributed by atoms with van der Waals surface area (Å²) < 4.78 is 41.0. The summed E-state index contributed by atoms with van der Waals surface area (Å²) in [5, 5.41) is 17.2. The van der Waals surface area contributed by atoms with E-state index in [1.54, 1.807) is 71.9 Å². The van der Waals surface area contributed by atoms with Crippen LogP contribution >= 0.6 is 11.6 Å². The number of hydrogen-bond acceptors (Lipinski definition) is 13. The van der Waals surface area contributed by atoms with E-state index in [9.17, 15) is 37.2 Å². The van der Waals surface area contributed by atoms with Gasteiger partial charge in [-0.05, 0) is 124 Å². The molecule has 1 aliphatic rings. The molecule has 4 aromatic carbocycles. The molecule has 22 heteroatoms. The highest BCUT2D eigenvalue weighted by atomic mass is 35.5. The largest absolute Gasteiger partial charge is 0.455 e. The Hall–Kier alpha value is -7.65. The molecule has 0 spiro atoms. The van der Waals surface area contributed by atoms with Crippen molar-refractivity contribution in [3.05, 3.63) is 120 Å². The second-order valence-corrected chi connectivity index (χ2v) is 19.4. The maximum absolute atomic E-state index is 14.5. The van der Waals surface area contributed by atoms with Crippen LogP contribution in [0.15, 0.2) is 108 Å². The van der Waals surface area contributed by atoms with Crippen molar-refractivity contribution in [2.24, 2.45) is 0 Å². The monoisotopic (exact) mass is 952 g/mol. The van der Waals surface area contributed by atoms with Crippen LogP contribution in [0.4, 0.5) is 26.7 Å². The minimum Gasteiger partial charge on any atom is -0.455 e. The fourth-order valence-corrected chi connectivity index (χ4v) is 8.18. The van der Waals surface area contributed by atoms with E-state index in [2.05, 4.69) is 26.2 Å². The lowest BCUT2D eigenvalue weighted by molar-refractivity contribution is -0.149. The molecule has 5 amide bonds. The first-order valence-electron chi connectivity index (χ1n) is 20.6. The minimum atomic E-state index is -4.17. The van der Waals surface area contributed by atoms with Gasteiger partial charge in [0, 0.05) is 41.3 Å². The van der Waals surface area contributed by atoms with Gasteiger partial charge in [0.2, 0.25) is 5.91 Å². The fourth-order valence-electron chi connectivity index (χ4n) is 7.09. The number of ether oxygens (including phenoxy) is 2. The van der Waals surface area contributed by atoms with Crippen LogP contribution in [-0.4, -0.2) is 104 Å². The molecule has 6 aromatic rings.